The lowest BCUT2D eigenvalue weighted by atomic mass is 9.89. The molecule has 1 aliphatic rings. The van der Waals surface area contributed by atoms with Gasteiger partial charge in [0.15, 0.2) is 0 Å². The molecule has 0 unspecified atom stereocenters. The molecule has 0 saturated heterocycles. The minimum absolute atomic E-state index is 0.0267. The van der Waals surface area contributed by atoms with Gasteiger partial charge in [-0.3, -0.25) is 4.79 Å². The molecule has 0 saturated carbocycles. The Hall–Kier alpha value is -1.69. The lowest BCUT2D eigenvalue weighted by molar-refractivity contribution is -0.121. The van der Waals surface area contributed by atoms with Gasteiger partial charge in [-0.1, -0.05) is 6.92 Å². The normalized spacial score (nSPS) is 17.4. The molecule has 2 aromatic rings. The van der Waals surface area contributed by atoms with Crippen molar-refractivity contribution in [1.82, 2.24) is 15.3 Å². The van der Waals surface area contributed by atoms with Crippen molar-refractivity contribution in [3.63, 3.8) is 0 Å². The van der Waals surface area contributed by atoms with Crippen molar-refractivity contribution in [2.75, 3.05) is 18.0 Å². The molecule has 1 N–H and O–H groups in total. The van der Waals surface area contributed by atoms with Gasteiger partial charge in [0.2, 0.25) is 5.91 Å². The first-order valence-corrected chi connectivity index (χ1v) is 9.91. The summed E-state index contributed by atoms with van der Waals surface area (Å²) in [5.41, 5.74) is 1.18. The summed E-state index contributed by atoms with van der Waals surface area (Å²) in [5, 5.41) is 4.21. The van der Waals surface area contributed by atoms with E-state index in [0.717, 1.165) is 36.0 Å². The lowest BCUT2D eigenvalue weighted by Crippen LogP contribution is -2.46. The Morgan fingerprint density at radius 1 is 1.40 bits per heavy atom. The fraction of sp³-hybridized carbons (Fsp3) is 0.632. The van der Waals surface area contributed by atoms with Gasteiger partial charge in [0.25, 0.3) is 0 Å². The predicted molar refractivity (Wildman–Crippen MR) is 104 cm³/mol. The summed E-state index contributed by atoms with van der Waals surface area (Å²) in [7, 11) is 0. The van der Waals surface area contributed by atoms with E-state index in [0.29, 0.717) is 6.54 Å². The molecule has 2 aromatic heterocycles. The van der Waals surface area contributed by atoms with E-state index in [1.165, 1.54) is 22.2 Å². The average molecular weight is 361 g/mol. The van der Waals surface area contributed by atoms with Crippen LogP contribution in [0.25, 0.3) is 10.2 Å². The number of anilines is 1. The zero-order valence-electron chi connectivity index (χ0n) is 15.8. The number of nitrogens with zero attached hydrogens (tertiary/aromatic N) is 3. The molecule has 1 aliphatic carbocycles. The molecule has 0 spiro atoms. The van der Waals surface area contributed by atoms with Crippen molar-refractivity contribution in [2.45, 2.75) is 59.4 Å². The van der Waals surface area contributed by atoms with Gasteiger partial charge in [0.1, 0.15) is 17.0 Å². The Morgan fingerprint density at radius 2 is 2.16 bits per heavy atom. The number of carbonyl (C=O) groups excluding carboxylic acids is 1. The van der Waals surface area contributed by atoms with Crippen LogP contribution in [0.4, 0.5) is 5.82 Å². The first kappa shape index (κ1) is 18.1. The van der Waals surface area contributed by atoms with Gasteiger partial charge in [-0.05, 0) is 58.4 Å². The van der Waals surface area contributed by atoms with Crippen molar-refractivity contribution in [2.24, 2.45) is 5.92 Å². The molecular weight excluding hydrogens is 332 g/mol. The molecule has 1 atom stereocenters. The first-order valence-electron chi connectivity index (χ1n) is 9.09. The minimum atomic E-state index is -0.227. The van der Waals surface area contributed by atoms with Gasteiger partial charge in [-0.25, -0.2) is 9.97 Å². The molecule has 0 radical (unpaired) electrons. The zero-order chi connectivity index (χ0) is 18.2. The van der Waals surface area contributed by atoms with Crippen LogP contribution in [0.1, 0.15) is 51.5 Å². The Morgan fingerprint density at radius 3 is 2.84 bits per heavy atom. The summed E-state index contributed by atoms with van der Waals surface area (Å²) in [6.45, 7) is 11.4. The molecule has 1 amide bonds. The Kier molecular flexibility index (Phi) is 5.00. The van der Waals surface area contributed by atoms with Gasteiger partial charge >= 0.3 is 0 Å². The molecule has 136 valence electrons. The molecule has 0 aromatic carbocycles. The van der Waals surface area contributed by atoms with Crippen LogP contribution in [-0.2, 0) is 17.6 Å². The van der Waals surface area contributed by atoms with E-state index in [2.05, 4.69) is 34.0 Å². The van der Waals surface area contributed by atoms with Crippen LogP contribution >= 0.6 is 11.3 Å². The molecular formula is C19H28N4OS. The summed E-state index contributed by atoms with van der Waals surface area (Å²) in [4.78, 5) is 26.1. The molecule has 25 heavy (non-hydrogen) atoms. The zero-order valence-corrected chi connectivity index (χ0v) is 16.7. The van der Waals surface area contributed by atoms with Crippen molar-refractivity contribution >= 4 is 33.3 Å². The van der Waals surface area contributed by atoms with E-state index in [1.807, 2.05) is 20.8 Å². The van der Waals surface area contributed by atoms with E-state index in [-0.39, 0.29) is 11.4 Å². The number of rotatable bonds is 4. The molecule has 3 rings (SSSR count). The minimum Gasteiger partial charge on any atom is -0.350 e. The lowest BCUT2D eigenvalue weighted by Gasteiger charge is -2.26. The third kappa shape index (κ3) is 3.94. The van der Waals surface area contributed by atoms with Crippen LogP contribution in [-0.4, -0.2) is 34.5 Å². The van der Waals surface area contributed by atoms with Crippen LogP contribution in [0.2, 0.25) is 0 Å². The second-order valence-corrected chi connectivity index (χ2v) is 9.13. The highest BCUT2D eigenvalue weighted by Gasteiger charge is 2.25. The Balaban J connectivity index is 1.95. The number of aromatic nitrogens is 2. The highest BCUT2D eigenvalue weighted by Crippen LogP contribution is 2.40. The van der Waals surface area contributed by atoms with Crippen LogP contribution in [0.15, 0.2) is 6.33 Å². The Labute approximate surface area is 153 Å². The van der Waals surface area contributed by atoms with E-state index < -0.39 is 0 Å². The first-order chi connectivity index (χ1) is 11.8. The predicted octanol–water partition coefficient (Wildman–Crippen LogP) is 3.56. The van der Waals surface area contributed by atoms with Crippen LogP contribution in [0, 0.1) is 5.92 Å². The van der Waals surface area contributed by atoms with Gasteiger partial charge in [-0.2, -0.15) is 0 Å². The van der Waals surface area contributed by atoms with Crippen molar-refractivity contribution < 1.29 is 4.79 Å². The fourth-order valence-corrected chi connectivity index (χ4v) is 4.81. The fourth-order valence-electron chi connectivity index (χ4n) is 3.47. The molecule has 5 nitrogen and oxygen atoms in total. The van der Waals surface area contributed by atoms with Crippen LogP contribution in [0.3, 0.4) is 0 Å². The van der Waals surface area contributed by atoms with Gasteiger partial charge in [0, 0.05) is 17.0 Å². The van der Waals surface area contributed by atoms with Crippen molar-refractivity contribution in [3.05, 3.63) is 16.8 Å². The van der Waals surface area contributed by atoms with Gasteiger partial charge in [0.05, 0.1) is 11.9 Å². The number of aryl methyl sites for hydroxylation is 1. The smallest absolute Gasteiger partial charge is 0.239 e. The molecule has 0 aliphatic heterocycles. The third-order valence-corrected chi connectivity index (χ3v) is 5.76. The topological polar surface area (TPSA) is 58.1 Å². The molecule has 0 bridgehead atoms. The maximum atomic E-state index is 12.4. The van der Waals surface area contributed by atoms with Crippen molar-refractivity contribution in [3.8, 4) is 0 Å². The standard InChI is InChI=1S/C19H28N4OS/c1-6-23(10-15(24)22-19(3,4)5)17-16-13-8-7-12(2)9-14(13)25-18(16)21-11-20-17/h11-12H,6-10H2,1-5H3,(H,22,24)/t12-/m0/s1. The summed E-state index contributed by atoms with van der Waals surface area (Å²) >= 11 is 1.80. The third-order valence-electron chi connectivity index (χ3n) is 4.60. The maximum absolute atomic E-state index is 12.4. The highest BCUT2D eigenvalue weighted by molar-refractivity contribution is 7.19. The summed E-state index contributed by atoms with van der Waals surface area (Å²) in [5.74, 6) is 1.67. The van der Waals surface area contributed by atoms with E-state index in [9.17, 15) is 4.79 Å². The van der Waals surface area contributed by atoms with Gasteiger partial charge < -0.3 is 10.2 Å². The number of hydrogen-bond acceptors (Lipinski definition) is 5. The number of fused-ring (bicyclic) bond motifs is 3. The van der Waals surface area contributed by atoms with E-state index in [1.54, 1.807) is 17.7 Å². The van der Waals surface area contributed by atoms with E-state index in [4.69, 9.17) is 0 Å². The number of likely N-dealkylation sites (N-methyl/N-ethyl adjacent to an activating group) is 1. The molecule has 0 fully saturated rings. The Bertz CT molecular complexity index is 778. The second kappa shape index (κ2) is 6.90. The number of hydrogen-bond donors (Lipinski definition) is 1. The second-order valence-electron chi connectivity index (χ2n) is 8.04. The number of thiophene rings is 1. The van der Waals surface area contributed by atoms with Crippen molar-refractivity contribution in [1.29, 1.82) is 0 Å². The molecule has 2 heterocycles. The van der Waals surface area contributed by atoms with E-state index >= 15 is 0 Å². The van der Waals surface area contributed by atoms with Crippen LogP contribution < -0.4 is 10.2 Å². The quantitative estimate of drug-likeness (QED) is 0.906. The summed E-state index contributed by atoms with van der Waals surface area (Å²) < 4.78 is 0. The van der Waals surface area contributed by atoms with Gasteiger partial charge in [-0.15, -0.1) is 11.3 Å². The number of amides is 1. The number of nitrogens with one attached hydrogen (secondary N) is 1. The number of carbonyl (C=O) groups is 1. The summed E-state index contributed by atoms with van der Waals surface area (Å²) in [6, 6.07) is 0. The largest absolute Gasteiger partial charge is 0.350 e. The average Bonchev–Trinajstić information content (AvgIpc) is 2.88. The summed E-state index contributed by atoms with van der Waals surface area (Å²) in [6.07, 6.45) is 5.06. The SMILES string of the molecule is CCN(CC(=O)NC(C)(C)C)c1ncnc2sc3c(c12)CC[C@H](C)C3. The maximum Gasteiger partial charge on any atom is 0.239 e. The molecule has 6 heteroatoms. The highest BCUT2D eigenvalue weighted by atomic mass is 32.1. The monoisotopic (exact) mass is 360 g/mol. The van der Waals surface area contributed by atoms with Crippen LogP contribution in [0.5, 0.6) is 0 Å².